The second-order valence-corrected chi connectivity index (χ2v) is 5.98. The minimum Gasteiger partial charge on any atom is -0.361 e. The molecule has 0 amide bonds. The summed E-state index contributed by atoms with van der Waals surface area (Å²) >= 11 is 0. The van der Waals surface area contributed by atoms with Crippen molar-refractivity contribution in [3.05, 3.63) is 23.4 Å². The van der Waals surface area contributed by atoms with Crippen LogP contribution in [0.2, 0.25) is 0 Å². The Morgan fingerprint density at radius 3 is 2.75 bits per heavy atom. The Bertz CT molecular complexity index is 307. The molecule has 2 heteroatoms. The molecule has 90 valence electrons. The molecular weight excluding hydrogens is 196 g/mol. The van der Waals surface area contributed by atoms with Gasteiger partial charge >= 0.3 is 0 Å². The molecule has 0 saturated heterocycles. The maximum Gasteiger partial charge on any atom is 0.0684 e. The smallest absolute Gasteiger partial charge is 0.0684 e. The first-order valence-corrected chi connectivity index (χ1v) is 6.43. The van der Waals surface area contributed by atoms with Crippen LogP contribution in [0.4, 0.5) is 0 Å². The van der Waals surface area contributed by atoms with Gasteiger partial charge in [0.2, 0.25) is 0 Å². The molecule has 0 aromatic carbocycles. The molecule has 0 radical (unpaired) electrons. The molecule has 1 N–H and O–H groups in total. The van der Waals surface area contributed by atoms with Gasteiger partial charge in [0.05, 0.1) is 6.67 Å². The normalized spacial score (nSPS) is 21.3. The largest absolute Gasteiger partial charge is 0.361 e. The highest BCUT2D eigenvalue weighted by Crippen LogP contribution is 2.28. The zero-order valence-electron chi connectivity index (χ0n) is 10.8. The first-order chi connectivity index (χ1) is 7.54. The van der Waals surface area contributed by atoms with Gasteiger partial charge in [-0.3, -0.25) is 5.32 Å². The van der Waals surface area contributed by atoms with E-state index >= 15 is 0 Å². The quantitative estimate of drug-likeness (QED) is 0.769. The van der Waals surface area contributed by atoms with Gasteiger partial charge in [-0.1, -0.05) is 0 Å². The van der Waals surface area contributed by atoms with Gasteiger partial charge in [0.25, 0.3) is 0 Å². The third-order valence-electron chi connectivity index (χ3n) is 3.32. The zero-order chi connectivity index (χ0) is 11.6. The van der Waals surface area contributed by atoms with Crippen LogP contribution in [0, 0.1) is 0 Å². The van der Waals surface area contributed by atoms with E-state index in [0.717, 1.165) is 13.2 Å². The fourth-order valence-electron chi connectivity index (χ4n) is 2.31. The lowest BCUT2D eigenvalue weighted by molar-refractivity contribution is 0.296. The van der Waals surface area contributed by atoms with Gasteiger partial charge in [-0.15, -0.1) is 0 Å². The van der Waals surface area contributed by atoms with Crippen LogP contribution in [-0.2, 0) is 0 Å². The van der Waals surface area contributed by atoms with E-state index in [1.807, 2.05) is 0 Å². The number of hydrogen-bond donors (Lipinski definition) is 1. The summed E-state index contributed by atoms with van der Waals surface area (Å²) in [6.45, 7) is 8.73. The van der Waals surface area contributed by atoms with Crippen molar-refractivity contribution in [2.24, 2.45) is 0 Å². The van der Waals surface area contributed by atoms with Crippen molar-refractivity contribution < 1.29 is 0 Å². The summed E-state index contributed by atoms with van der Waals surface area (Å²) in [5.41, 5.74) is 3.48. The molecule has 0 spiro atoms. The molecule has 2 nitrogen and oxygen atoms in total. The first kappa shape index (κ1) is 11.7. The van der Waals surface area contributed by atoms with Crippen molar-refractivity contribution in [1.82, 2.24) is 10.2 Å². The number of allylic oxidation sites excluding steroid dienone is 2. The molecule has 0 fully saturated rings. The second kappa shape index (κ2) is 4.62. The molecule has 1 aliphatic carbocycles. The molecular formula is C14H24N2. The van der Waals surface area contributed by atoms with Crippen molar-refractivity contribution in [2.75, 3.05) is 13.2 Å². The molecule has 2 rings (SSSR count). The lowest BCUT2D eigenvalue weighted by atomic mass is 9.90. The van der Waals surface area contributed by atoms with Gasteiger partial charge in [0, 0.05) is 18.3 Å². The Labute approximate surface area is 99.4 Å². The second-order valence-electron chi connectivity index (χ2n) is 5.98. The summed E-state index contributed by atoms with van der Waals surface area (Å²) in [7, 11) is 0. The van der Waals surface area contributed by atoms with Crippen LogP contribution < -0.4 is 5.32 Å². The molecule has 0 atom stereocenters. The Kier molecular flexibility index (Phi) is 3.38. The van der Waals surface area contributed by atoms with E-state index in [0.29, 0.717) is 0 Å². The topological polar surface area (TPSA) is 15.3 Å². The molecule has 16 heavy (non-hydrogen) atoms. The molecule has 1 heterocycles. The molecule has 0 aromatic heterocycles. The maximum atomic E-state index is 3.54. The van der Waals surface area contributed by atoms with E-state index in [9.17, 15) is 0 Å². The Morgan fingerprint density at radius 1 is 1.25 bits per heavy atom. The molecule has 0 bridgehead atoms. The van der Waals surface area contributed by atoms with Gasteiger partial charge in [0.1, 0.15) is 0 Å². The summed E-state index contributed by atoms with van der Waals surface area (Å²) in [6, 6.07) is 0. The fourth-order valence-corrected chi connectivity index (χ4v) is 2.31. The van der Waals surface area contributed by atoms with Gasteiger partial charge in [-0.25, -0.2) is 0 Å². The van der Waals surface area contributed by atoms with E-state index in [2.05, 4.69) is 43.3 Å². The fraction of sp³-hybridized carbons (Fsp3) is 0.714. The monoisotopic (exact) mass is 220 g/mol. The highest BCUT2D eigenvalue weighted by atomic mass is 15.2. The van der Waals surface area contributed by atoms with E-state index in [4.69, 9.17) is 0 Å². The molecule has 2 aliphatic rings. The van der Waals surface area contributed by atoms with Gasteiger partial charge in [-0.2, -0.15) is 0 Å². The predicted octanol–water partition coefficient (Wildman–Crippen LogP) is 3.03. The number of hydrogen-bond acceptors (Lipinski definition) is 2. The molecule has 0 saturated carbocycles. The van der Waals surface area contributed by atoms with E-state index in [-0.39, 0.29) is 5.54 Å². The lowest BCUT2D eigenvalue weighted by Crippen LogP contribution is -2.43. The third-order valence-corrected chi connectivity index (χ3v) is 3.32. The van der Waals surface area contributed by atoms with Gasteiger partial charge in [0.15, 0.2) is 0 Å². The highest BCUT2D eigenvalue weighted by molar-refractivity contribution is 5.31. The average molecular weight is 220 g/mol. The van der Waals surface area contributed by atoms with Gasteiger partial charge in [-0.05, 0) is 63.7 Å². The molecule has 0 aromatic rings. The van der Waals surface area contributed by atoms with Crippen LogP contribution >= 0.6 is 0 Å². The van der Waals surface area contributed by atoms with E-state index in [1.54, 1.807) is 11.1 Å². The standard InChI is InChI=1S/C14H24N2/c1-14(2,3)15-11-16-9-8-12-6-4-5-7-13(12)10-16/h8-9,15H,4-7,10-11H2,1-3H3. The van der Waals surface area contributed by atoms with Crippen molar-refractivity contribution in [3.63, 3.8) is 0 Å². The van der Waals surface area contributed by atoms with E-state index < -0.39 is 0 Å². The Hall–Kier alpha value is -0.760. The minimum absolute atomic E-state index is 0.203. The van der Waals surface area contributed by atoms with Crippen LogP contribution in [0.5, 0.6) is 0 Å². The maximum absolute atomic E-state index is 3.54. The number of nitrogens with one attached hydrogen (secondary N) is 1. The van der Waals surface area contributed by atoms with Crippen molar-refractivity contribution in [3.8, 4) is 0 Å². The zero-order valence-corrected chi connectivity index (χ0v) is 10.8. The summed E-state index contributed by atoms with van der Waals surface area (Å²) in [5.74, 6) is 0. The molecule has 1 aliphatic heterocycles. The van der Waals surface area contributed by atoms with Crippen LogP contribution in [0.25, 0.3) is 0 Å². The number of nitrogens with zero attached hydrogens (tertiary/aromatic N) is 1. The first-order valence-electron chi connectivity index (χ1n) is 6.43. The van der Waals surface area contributed by atoms with Crippen molar-refractivity contribution in [1.29, 1.82) is 0 Å². The van der Waals surface area contributed by atoms with Crippen molar-refractivity contribution in [2.45, 2.75) is 52.0 Å². The Morgan fingerprint density at radius 2 is 2.00 bits per heavy atom. The minimum atomic E-state index is 0.203. The molecule has 0 unspecified atom stereocenters. The SMILES string of the molecule is CC(C)(C)NCN1C=CC2=C(CCCC2)C1. The summed E-state index contributed by atoms with van der Waals surface area (Å²) in [4.78, 5) is 2.38. The van der Waals surface area contributed by atoms with Crippen LogP contribution in [-0.4, -0.2) is 23.7 Å². The Balaban J connectivity index is 1.88. The summed E-state index contributed by atoms with van der Waals surface area (Å²) in [6.07, 6.45) is 9.94. The summed E-state index contributed by atoms with van der Waals surface area (Å²) < 4.78 is 0. The van der Waals surface area contributed by atoms with Gasteiger partial charge < -0.3 is 4.90 Å². The predicted molar refractivity (Wildman–Crippen MR) is 69.1 cm³/mol. The van der Waals surface area contributed by atoms with E-state index in [1.165, 1.54) is 25.7 Å². The van der Waals surface area contributed by atoms with Crippen molar-refractivity contribution >= 4 is 0 Å². The average Bonchev–Trinajstić information content (AvgIpc) is 2.25. The summed E-state index contributed by atoms with van der Waals surface area (Å²) in [5, 5.41) is 3.54. The van der Waals surface area contributed by atoms with Crippen LogP contribution in [0.1, 0.15) is 46.5 Å². The highest BCUT2D eigenvalue weighted by Gasteiger charge is 2.17. The lowest BCUT2D eigenvalue weighted by Gasteiger charge is -2.32. The van der Waals surface area contributed by atoms with Crippen LogP contribution in [0.3, 0.4) is 0 Å². The third kappa shape index (κ3) is 3.11. The van der Waals surface area contributed by atoms with Crippen LogP contribution in [0.15, 0.2) is 23.4 Å². The number of rotatable bonds is 2.